The Kier molecular flexibility index (Phi) is 4.09. The molecule has 2 aromatic rings. The summed E-state index contributed by atoms with van der Waals surface area (Å²) in [6.45, 7) is 3.92. The number of aromatic nitrogens is 2. The largest absolute Gasteiger partial charge is 0.323 e. The minimum Gasteiger partial charge on any atom is -0.323 e. The Hall–Kier alpha value is -2.36. The van der Waals surface area contributed by atoms with Gasteiger partial charge in [0.2, 0.25) is 5.91 Å². The van der Waals surface area contributed by atoms with Crippen LogP contribution in [0.15, 0.2) is 42.5 Å². The third kappa shape index (κ3) is 2.82. The third-order valence-electron chi connectivity index (χ3n) is 4.18. The van der Waals surface area contributed by atoms with Crippen molar-refractivity contribution >= 4 is 11.6 Å². The molecule has 0 spiro atoms. The van der Waals surface area contributed by atoms with Gasteiger partial charge in [0.1, 0.15) is 0 Å². The zero-order chi connectivity index (χ0) is 15.5. The van der Waals surface area contributed by atoms with Crippen LogP contribution in [0.1, 0.15) is 30.7 Å². The van der Waals surface area contributed by atoms with E-state index in [0.29, 0.717) is 0 Å². The highest BCUT2D eigenvalue weighted by atomic mass is 16.1. The van der Waals surface area contributed by atoms with Crippen LogP contribution >= 0.6 is 0 Å². The number of carbonyl (C=O) groups excluding carboxylic acids is 1. The number of rotatable bonds is 3. The molecule has 3 rings (SSSR count). The van der Waals surface area contributed by atoms with E-state index in [2.05, 4.69) is 22.6 Å². The van der Waals surface area contributed by atoms with Crippen molar-refractivity contribution in [3.05, 3.63) is 53.9 Å². The lowest BCUT2D eigenvalue weighted by molar-refractivity contribution is -0.120. The van der Waals surface area contributed by atoms with Crippen molar-refractivity contribution in [1.29, 1.82) is 0 Å². The first-order chi connectivity index (χ1) is 10.7. The van der Waals surface area contributed by atoms with E-state index in [9.17, 15) is 4.79 Å². The molecule has 0 saturated heterocycles. The Morgan fingerprint density at radius 2 is 2.00 bits per heavy atom. The molecular weight excluding hydrogens is 274 g/mol. The second-order valence-electron chi connectivity index (χ2n) is 5.76. The van der Waals surface area contributed by atoms with Gasteiger partial charge in [-0.2, -0.15) is 5.10 Å². The number of aryl methyl sites for hydroxylation is 1. The van der Waals surface area contributed by atoms with Crippen molar-refractivity contribution in [3.63, 3.8) is 0 Å². The van der Waals surface area contributed by atoms with Gasteiger partial charge in [0.25, 0.3) is 0 Å². The van der Waals surface area contributed by atoms with Crippen molar-refractivity contribution in [2.24, 2.45) is 5.92 Å². The van der Waals surface area contributed by atoms with Crippen LogP contribution in [0.3, 0.4) is 0 Å². The van der Waals surface area contributed by atoms with Crippen LogP contribution in [-0.2, 0) is 4.79 Å². The second-order valence-corrected chi connectivity index (χ2v) is 5.76. The molecule has 1 aliphatic carbocycles. The molecule has 1 aliphatic rings. The first kappa shape index (κ1) is 14.6. The van der Waals surface area contributed by atoms with E-state index in [4.69, 9.17) is 0 Å². The predicted molar refractivity (Wildman–Crippen MR) is 88.1 cm³/mol. The standard InChI is InChI=1S/C18H21N3O/c1-13-17(19-18(22)15-9-5-3-6-10-15)14(2)21(20-13)16-11-7-4-8-12-16/h3-5,7-8,11-12,15H,6,9-10H2,1-2H3,(H,19,22)/t15-/m1/s1. The highest BCUT2D eigenvalue weighted by molar-refractivity contribution is 5.93. The number of amides is 1. The SMILES string of the molecule is Cc1nn(-c2ccccc2)c(C)c1NC(=O)[C@@H]1CC=CCC1. The number of hydrogen-bond donors (Lipinski definition) is 1. The Bertz CT molecular complexity index is 701. The fourth-order valence-corrected chi connectivity index (χ4v) is 2.90. The number of carbonyl (C=O) groups is 1. The molecule has 0 aliphatic heterocycles. The topological polar surface area (TPSA) is 46.9 Å². The van der Waals surface area contributed by atoms with E-state index in [1.54, 1.807) is 0 Å². The average Bonchev–Trinajstić information content (AvgIpc) is 2.84. The Morgan fingerprint density at radius 3 is 2.68 bits per heavy atom. The zero-order valence-corrected chi connectivity index (χ0v) is 13.0. The molecule has 1 N–H and O–H groups in total. The van der Waals surface area contributed by atoms with Gasteiger partial charge in [-0.25, -0.2) is 4.68 Å². The highest BCUT2D eigenvalue weighted by Crippen LogP contribution is 2.25. The molecule has 0 fully saturated rings. The van der Waals surface area contributed by atoms with Gasteiger partial charge >= 0.3 is 0 Å². The molecule has 0 bridgehead atoms. The zero-order valence-electron chi connectivity index (χ0n) is 13.0. The summed E-state index contributed by atoms with van der Waals surface area (Å²) in [6.07, 6.45) is 6.98. The van der Waals surface area contributed by atoms with Crippen molar-refractivity contribution < 1.29 is 4.79 Å². The van der Waals surface area contributed by atoms with Gasteiger partial charge in [-0.05, 0) is 45.2 Å². The van der Waals surface area contributed by atoms with Crippen LogP contribution in [-0.4, -0.2) is 15.7 Å². The van der Waals surface area contributed by atoms with E-state index >= 15 is 0 Å². The molecule has 1 amide bonds. The van der Waals surface area contributed by atoms with Crippen LogP contribution in [0.25, 0.3) is 5.69 Å². The molecule has 0 saturated carbocycles. The maximum Gasteiger partial charge on any atom is 0.227 e. The molecule has 0 unspecified atom stereocenters. The van der Waals surface area contributed by atoms with Crippen molar-refractivity contribution in [2.75, 3.05) is 5.32 Å². The quantitative estimate of drug-likeness (QED) is 0.876. The number of nitrogens with zero attached hydrogens (tertiary/aromatic N) is 2. The molecule has 4 nitrogen and oxygen atoms in total. The number of anilines is 1. The van der Waals surface area contributed by atoms with Crippen molar-refractivity contribution in [2.45, 2.75) is 33.1 Å². The van der Waals surface area contributed by atoms with Gasteiger partial charge < -0.3 is 5.32 Å². The molecular formula is C18H21N3O. The fraction of sp³-hybridized carbons (Fsp3) is 0.333. The van der Waals surface area contributed by atoms with E-state index < -0.39 is 0 Å². The number of nitrogens with one attached hydrogen (secondary N) is 1. The summed E-state index contributed by atoms with van der Waals surface area (Å²) >= 11 is 0. The predicted octanol–water partition coefficient (Wildman–Crippen LogP) is 3.78. The molecule has 1 aromatic carbocycles. The molecule has 1 atom stereocenters. The van der Waals surface area contributed by atoms with Crippen LogP contribution in [0, 0.1) is 19.8 Å². The summed E-state index contributed by atoms with van der Waals surface area (Å²) < 4.78 is 1.88. The lowest BCUT2D eigenvalue weighted by Crippen LogP contribution is -2.24. The van der Waals surface area contributed by atoms with E-state index in [1.807, 2.05) is 48.9 Å². The lowest BCUT2D eigenvalue weighted by Gasteiger charge is -2.17. The summed E-state index contributed by atoms with van der Waals surface area (Å²) in [5.74, 6) is 0.173. The highest BCUT2D eigenvalue weighted by Gasteiger charge is 2.22. The molecule has 114 valence electrons. The monoisotopic (exact) mass is 295 g/mol. The number of benzene rings is 1. The van der Waals surface area contributed by atoms with E-state index in [1.165, 1.54) is 0 Å². The van der Waals surface area contributed by atoms with Crippen molar-refractivity contribution in [1.82, 2.24) is 9.78 Å². The van der Waals surface area contributed by atoms with Gasteiger partial charge in [-0.1, -0.05) is 30.4 Å². The van der Waals surface area contributed by atoms with Crippen LogP contribution < -0.4 is 5.32 Å². The van der Waals surface area contributed by atoms with Crippen molar-refractivity contribution in [3.8, 4) is 5.69 Å². The van der Waals surface area contributed by atoms with Gasteiger partial charge in [0, 0.05) is 5.92 Å². The Labute approximate surface area is 130 Å². The summed E-state index contributed by atoms with van der Waals surface area (Å²) in [4.78, 5) is 12.4. The molecule has 0 radical (unpaired) electrons. The first-order valence-corrected chi connectivity index (χ1v) is 7.74. The van der Waals surface area contributed by atoms with Gasteiger partial charge in [0.05, 0.1) is 22.8 Å². The number of para-hydroxylation sites is 1. The number of allylic oxidation sites excluding steroid dienone is 2. The second kappa shape index (κ2) is 6.18. The van der Waals surface area contributed by atoms with Gasteiger partial charge in [-0.15, -0.1) is 0 Å². The summed E-state index contributed by atoms with van der Waals surface area (Å²) in [6, 6.07) is 9.97. The molecule has 1 heterocycles. The normalized spacial score (nSPS) is 17.5. The fourth-order valence-electron chi connectivity index (χ4n) is 2.90. The maximum atomic E-state index is 12.4. The lowest BCUT2D eigenvalue weighted by atomic mass is 9.93. The first-order valence-electron chi connectivity index (χ1n) is 7.74. The minimum atomic E-state index is 0.0730. The Morgan fingerprint density at radius 1 is 1.23 bits per heavy atom. The summed E-state index contributed by atoms with van der Waals surface area (Å²) in [5.41, 5.74) is 3.65. The molecule has 22 heavy (non-hydrogen) atoms. The van der Waals surface area contributed by atoms with Crippen LogP contribution in [0.4, 0.5) is 5.69 Å². The van der Waals surface area contributed by atoms with Gasteiger partial charge in [0.15, 0.2) is 0 Å². The number of hydrogen-bond acceptors (Lipinski definition) is 2. The van der Waals surface area contributed by atoms with Gasteiger partial charge in [-0.3, -0.25) is 4.79 Å². The third-order valence-corrected chi connectivity index (χ3v) is 4.18. The maximum absolute atomic E-state index is 12.4. The average molecular weight is 295 g/mol. The minimum absolute atomic E-state index is 0.0730. The van der Waals surface area contributed by atoms with E-state index in [0.717, 1.165) is 42.0 Å². The van der Waals surface area contributed by atoms with E-state index in [-0.39, 0.29) is 11.8 Å². The molecule has 1 aromatic heterocycles. The summed E-state index contributed by atoms with van der Waals surface area (Å²) in [7, 11) is 0. The molecule has 4 heteroatoms. The smallest absolute Gasteiger partial charge is 0.227 e. The van der Waals surface area contributed by atoms with Crippen LogP contribution in [0.2, 0.25) is 0 Å². The van der Waals surface area contributed by atoms with Crippen LogP contribution in [0.5, 0.6) is 0 Å². The summed E-state index contributed by atoms with van der Waals surface area (Å²) in [5, 5.41) is 7.65. The Balaban J connectivity index is 1.84.